The first-order chi connectivity index (χ1) is 11.2. The van der Waals surface area contributed by atoms with Crippen LogP contribution >= 0.6 is 11.3 Å². The molecule has 7 heteroatoms. The lowest BCUT2D eigenvalue weighted by atomic mass is 9.86. The average Bonchev–Trinajstić information content (AvgIpc) is 3.02. The van der Waals surface area contributed by atoms with Crippen molar-refractivity contribution in [2.75, 3.05) is 13.7 Å². The Labute approximate surface area is 144 Å². The maximum absolute atomic E-state index is 12.1. The van der Waals surface area contributed by atoms with Gasteiger partial charge in [0.1, 0.15) is 11.5 Å². The van der Waals surface area contributed by atoms with Gasteiger partial charge in [0, 0.05) is 10.9 Å². The van der Waals surface area contributed by atoms with Crippen LogP contribution in [0.4, 0.5) is 0 Å². The van der Waals surface area contributed by atoms with Crippen LogP contribution in [0.2, 0.25) is 0 Å². The van der Waals surface area contributed by atoms with Crippen LogP contribution in [-0.4, -0.2) is 35.6 Å². The number of aromatic nitrogens is 1. The molecule has 0 fully saturated rings. The number of rotatable bonds is 6. The second-order valence-electron chi connectivity index (χ2n) is 6.17. The van der Waals surface area contributed by atoms with E-state index in [0.29, 0.717) is 11.5 Å². The zero-order valence-corrected chi connectivity index (χ0v) is 14.8. The molecular formula is C17H19NO5S. The number of methoxy groups -OCH3 is 1. The third kappa shape index (κ3) is 4.11. The van der Waals surface area contributed by atoms with Gasteiger partial charge in [0.05, 0.1) is 7.11 Å². The molecule has 1 N–H and O–H groups in total. The summed E-state index contributed by atoms with van der Waals surface area (Å²) in [5.41, 5.74) is 0.591. The number of carboxylic acids is 1. The van der Waals surface area contributed by atoms with Gasteiger partial charge in [-0.2, -0.15) is 0 Å². The standard InChI is InChI=1S/C17H19NO5S/c1-17(2,3)11-7-10(22-4)5-6-14(11)23-8-13(19)15-18-12(9-24-15)16(20)21/h5-7,9H,8H2,1-4H3,(H,20,21). The monoisotopic (exact) mass is 349 g/mol. The van der Waals surface area contributed by atoms with Crippen LogP contribution in [0.1, 0.15) is 46.6 Å². The lowest BCUT2D eigenvalue weighted by Gasteiger charge is -2.23. The summed E-state index contributed by atoms with van der Waals surface area (Å²) >= 11 is 0.995. The maximum atomic E-state index is 12.1. The van der Waals surface area contributed by atoms with Crippen LogP contribution in [0.3, 0.4) is 0 Å². The Bertz CT molecular complexity index is 761. The highest BCUT2D eigenvalue weighted by molar-refractivity contribution is 7.12. The largest absolute Gasteiger partial charge is 0.497 e. The molecule has 0 aliphatic carbocycles. The van der Waals surface area contributed by atoms with Gasteiger partial charge in [-0.15, -0.1) is 11.3 Å². The van der Waals surface area contributed by atoms with E-state index in [1.54, 1.807) is 19.2 Å². The second kappa shape index (κ2) is 7.00. The van der Waals surface area contributed by atoms with E-state index in [-0.39, 0.29) is 28.5 Å². The number of hydrogen-bond donors (Lipinski definition) is 1. The van der Waals surface area contributed by atoms with E-state index in [1.807, 2.05) is 26.8 Å². The molecule has 2 rings (SSSR count). The van der Waals surface area contributed by atoms with Crippen LogP contribution in [0.5, 0.6) is 11.5 Å². The van der Waals surface area contributed by atoms with Crippen molar-refractivity contribution in [3.63, 3.8) is 0 Å². The minimum Gasteiger partial charge on any atom is -0.497 e. The first-order valence-electron chi connectivity index (χ1n) is 7.25. The normalized spacial score (nSPS) is 11.2. The Morgan fingerprint density at radius 3 is 2.54 bits per heavy atom. The van der Waals surface area contributed by atoms with E-state index in [9.17, 15) is 9.59 Å². The Morgan fingerprint density at radius 1 is 1.29 bits per heavy atom. The molecule has 0 amide bonds. The fourth-order valence-corrected chi connectivity index (χ4v) is 2.77. The number of carbonyl (C=O) groups is 2. The summed E-state index contributed by atoms with van der Waals surface area (Å²) in [6, 6.07) is 5.41. The first kappa shape index (κ1) is 17.9. The molecule has 24 heavy (non-hydrogen) atoms. The van der Waals surface area contributed by atoms with E-state index in [2.05, 4.69) is 4.98 Å². The summed E-state index contributed by atoms with van der Waals surface area (Å²) < 4.78 is 10.9. The molecule has 0 bridgehead atoms. The number of carbonyl (C=O) groups excluding carboxylic acids is 1. The van der Waals surface area contributed by atoms with Gasteiger partial charge in [0.15, 0.2) is 17.3 Å². The molecule has 0 saturated carbocycles. The fourth-order valence-electron chi connectivity index (χ4n) is 2.05. The zero-order valence-electron chi connectivity index (χ0n) is 14.0. The van der Waals surface area contributed by atoms with Gasteiger partial charge in [-0.05, 0) is 23.6 Å². The van der Waals surface area contributed by atoms with Gasteiger partial charge in [-0.3, -0.25) is 4.79 Å². The van der Waals surface area contributed by atoms with Gasteiger partial charge < -0.3 is 14.6 Å². The van der Waals surface area contributed by atoms with Gasteiger partial charge >= 0.3 is 5.97 Å². The Hall–Kier alpha value is -2.41. The molecule has 6 nitrogen and oxygen atoms in total. The maximum Gasteiger partial charge on any atom is 0.355 e. The van der Waals surface area contributed by atoms with Crippen LogP contribution in [-0.2, 0) is 5.41 Å². The summed E-state index contributed by atoms with van der Waals surface area (Å²) in [7, 11) is 1.59. The summed E-state index contributed by atoms with van der Waals surface area (Å²) in [6.45, 7) is 5.91. The number of aromatic carboxylic acids is 1. The molecule has 0 radical (unpaired) electrons. The van der Waals surface area contributed by atoms with Gasteiger partial charge in [0.2, 0.25) is 5.78 Å². The van der Waals surface area contributed by atoms with Crippen molar-refractivity contribution in [3.05, 3.63) is 39.8 Å². The SMILES string of the molecule is COc1ccc(OCC(=O)c2nc(C(=O)O)cs2)c(C(C)(C)C)c1. The third-order valence-electron chi connectivity index (χ3n) is 3.32. The molecule has 0 saturated heterocycles. The highest BCUT2D eigenvalue weighted by Crippen LogP contribution is 2.34. The number of nitrogens with zero attached hydrogens (tertiary/aromatic N) is 1. The van der Waals surface area contributed by atoms with Crippen molar-refractivity contribution < 1.29 is 24.2 Å². The van der Waals surface area contributed by atoms with E-state index in [0.717, 1.165) is 16.9 Å². The van der Waals surface area contributed by atoms with E-state index >= 15 is 0 Å². The summed E-state index contributed by atoms with van der Waals surface area (Å²) in [4.78, 5) is 26.8. The molecule has 1 aromatic heterocycles. The second-order valence-corrected chi connectivity index (χ2v) is 7.03. The molecule has 0 spiro atoms. The molecule has 2 aromatic rings. The molecule has 128 valence electrons. The lowest BCUT2D eigenvalue weighted by Crippen LogP contribution is -2.17. The summed E-state index contributed by atoms with van der Waals surface area (Å²) in [6.07, 6.45) is 0. The third-order valence-corrected chi connectivity index (χ3v) is 4.20. The van der Waals surface area contributed by atoms with Crippen LogP contribution in [0.25, 0.3) is 0 Å². The topological polar surface area (TPSA) is 85.7 Å². The van der Waals surface area contributed by atoms with Crippen molar-refractivity contribution in [1.29, 1.82) is 0 Å². The number of Topliss-reactive ketones (excluding diaryl/α,β-unsaturated/α-hetero) is 1. The van der Waals surface area contributed by atoms with Crippen molar-refractivity contribution in [3.8, 4) is 11.5 Å². The zero-order chi connectivity index (χ0) is 17.9. The number of ether oxygens (including phenoxy) is 2. The average molecular weight is 349 g/mol. The quantitative estimate of drug-likeness (QED) is 0.804. The minimum atomic E-state index is -1.16. The van der Waals surface area contributed by atoms with E-state index in [1.165, 1.54) is 5.38 Å². The number of benzene rings is 1. The van der Waals surface area contributed by atoms with Gasteiger partial charge in [-0.1, -0.05) is 20.8 Å². The van der Waals surface area contributed by atoms with E-state index < -0.39 is 5.97 Å². The molecule has 0 aliphatic rings. The van der Waals surface area contributed by atoms with Crippen LogP contribution in [0.15, 0.2) is 23.6 Å². The number of ketones is 1. The first-order valence-corrected chi connectivity index (χ1v) is 8.13. The molecule has 1 aromatic carbocycles. The van der Waals surface area contributed by atoms with E-state index in [4.69, 9.17) is 14.6 Å². The smallest absolute Gasteiger partial charge is 0.355 e. The minimum absolute atomic E-state index is 0.123. The van der Waals surface area contributed by atoms with Crippen molar-refractivity contribution in [2.45, 2.75) is 26.2 Å². The van der Waals surface area contributed by atoms with Gasteiger partial charge in [0.25, 0.3) is 0 Å². The predicted molar refractivity (Wildman–Crippen MR) is 90.6 cm³/mol. The summed E-state index contributed by atoms with van der Waals surface area (Å²) in [5.74, 6) is -0.212. The molecule has 0 aliphatic heterocycles. The fraction of sp³-hybridized carbons (Fsp3) is 0.353. The van der Waals surface area contributed by atoms with Crippen molar-refractivity contribution in [1.82, 2.24) is 4.98 Å². The van der Waals surface area contributed by atoms with Crippen molar-refractivity contribution in [2.24, 2.45) is 0 Å². The summed E-state index contributed by atoms with van der Waals surface area (Å²) in [5, 5.41) is 10.3. The van der Waals surface area contributed by atoms with Crippen LogP contribution in [0, 0.1) is 0 Å². The molecule has 1 heterocycles. The van der Waals surface area contributed by atoms with Gasteiger partial charge in [-0.25, -0.2) is 9.78 Å². The number of hydrogen-bond acceptors (Lipinski definition) is 6. The number of carboxylic acid groups (broad SMARTS) is 1. The number of thiazole rings is 1. The highest BCUT2D eigenvalue weighted by atomic mass is 32.1. The molecular weight excluding hydrogens is 330 g/mol. The van der Waals surface area contributed by atoms with Crippen molar-refractivity contribution >= 4 is 23.1 Å². The molecule has 0 atom stereocenters. The molecule has 0 unspecified atom stereocenters. The van der Waals surface area contributed by atoms with Crippen LogP contribution < -0.4 is 9.47 Å². The highest BCUT2D eigenvalue weighted by Gasteiger charge is 2.21. The Balaban J connectivity index is 2.16. The lowest BCUT2D eigenvalue weighted by molar-refractivity contribution is 0.0691. The Kier molecular flexibility index (Phi) is 5.23. The predicted octanol–water partition coefficient (Wildman–Crippen LogP) is 3.41. The Morgan fingerprint density at radius 2 is 2.00 bits per heavy atom.